The van der Waals surface area contributed by atoms with Gasteiger partial charge in [0.05, 0.1) is 27.6 Å². The normalized spacial score (nSPS) is 11.7. The van der Waals surface area contributed by atoms with Crippen LogP contribution in [0.2, 0.25) is 0 Å². The number of hydrogen-bond acceptors (Lipinski definition) is 8. The summed E-state index contributed by atoms with van der Waals surface area (Å²) in [5.41, 5.74) is 30.8. The van der Waals surface area contributed by atoms with Gasteiger partial charge in [-0.1, -0.05) is 98.3 Å². The van der Waals surface area contributed by atoms with Gasteiger partial charge in [-0.05, 0) is 216 Å². The molecule has 0 aliphatic heterocycles. The quantitative estimate of drug-likeness (QED) is 0.151. The average molecular weight is 1430 g/mol. The minimum Gasteiger partial charge on any atom is -0.437 e. The van der Waals surface area contributed by atoms with Gasteiger partial charge in [-0.15, -0.1) is 0 Å². The van der Waals surface area contributed by atoms with Gasteiger partial charge in [-0.3, -0.25) is 0 Å². The van der Waals surface area contributed by atoms with Gasteiger partial charge in [0.25, 0.3) is 0 Å². The van der Waals surface area contributed by atoms with Crippen molar-refractivity contribution in [2.75, 3.05) is 0 Å². The van der Waals surface area contributed by atoms with Crippen LogP contribution in [-0.2, 0) is 34.6 Å². The number of fused-ring (bicyclic) bond motifs is 16. The van der Waals surface area contributed by atoms with Crippen molar-refractivity contribution < 1.29 is 35.9 Å². The largest absolute Gasteiger partial charge is 0.437 e. The van der Waals surface area contributed by atoms with E-state index in [0.29, 0.717) is 22.9 Å². The molecular formula is C97H86N8O4+4. The molecule has 12 aromatic heterocycles. The zero-order valence-corrected chi connectivity index (χ0v) is 64.5. The van der Waals surface area contributed by atoms with Crippen LogP contribution >= 0.6 is 0 Å². The van der Waals surface area contributed by atoms with Gasteiger partial charge in [0.2, 0.25) is 56.7 Å². The van der Waals surface area contributed by atoms with Gasteiger partial charge in [-0.2, -0.15) is 9.13 Å². The Balaban J connectivity index is 0.000000106. The van der Waals surface area contributed by atoms with Crippen LogP contribution in [0.1, 0.15) is 75.1 Å². The average Bonchev–Trinajstić information content (AvgIpc) is 1.61. The number of hydrogen-bond donors (Lipinski definition) is 0. The molecule has 0 radical (unpaired) electrons. The summed E-state index contributed by atoms with van der Waals surface area (Å²) in [6.07, 6.45) is 6.54. The highest BCUT2D eigenvalue weighted by Crippen LogP contribution is 2.44. The summed E-state index contributed by atoms with van der Waals surface area (Å²) in [5.74, 6) is 0. The predicted molar refractivity (Wildman–Crippen MR) is 444 cm³/mol. The lowest BCUT2D eigenvalue weighted by molar-refractivity contribution is -0.659. The number of rotatable bonds is 6. The Hall–Kier alpha value is -12.8. The van der Waals surface area contributed by atoms with Gasteiger partial charge in [0, 0.05) is 118 Å². The van der Waals surface area contributed by atoms with Crippen molar-refractivity contribution in [2.45, 2.75) is 89.0 Å². The molecule has 0 bridgehead atoms. The molecule has 0 atom stereocenters. The molecule has 0 aliphatic carbocycles. The molecule has 0 saturated heterocycles. The lowest BCUT2D eigenvalue weighted by atomic mass is 9.94. The third-order valence-corrected chi connectivity index (χ3v) is 22.2. The fourth-order valence-corrected chi connectivity index (χ4v) is 16.3. The Morgan fingerprint density at radius 3 is 1.30 bits per heavy atom. The van der Waals surface area contributed by atoms with Gasteiger partial charge < -0.3 is 17.7 Å². The van der Waals surface area contributed by atoms with Crippen molar-refractivity contribution in [3.63, 3.8) is 0 Å². The predicted octanol–water partition coefficient (Wildman–Crippen LogP) is 22.5. The van der Waals surface area contributed by atoms with Crippen LogP contribution < -0.4 is 18.3 Å². The second-order valence-electron chi connectivity index (χ2n) is 29.5. The number of nitrogens with zero attached hydrogens (tertiary/aromatic N) is 8. The molecule has 0 saturated carbocycles. The van der Waals surface area contributed by atoms with Crippen molar-refractivity contribution >= 4 is 132 Å². The van der Waals surface area contributed by atoms with Crippen LogP contribution in [0.5, 0.6) is 0 Å². The Morgan fingerprint density at radius 1 is 0.303 bits per heavy atom. The topological polar surface area (TPSA) is 120 Å². The third kappa shape index (κ3) is 12.0. The SMILES string of the molecule is CCCc1cccc2c1ccc(-c1c(C)ccc3c1oc1nc(C)ccc13)[n+]2C.Cc1ccc2c(n1)oc1c(-c3c4ccccc4cc[n+]3C)c(C)c(C)cc12.Cc1ccc2c(n1)oc1c(-c3cc4ccccc4c[n+]3C)c(C)ccc12.Cc1ccc2c(n1)oc1c(-c3ccc4ccccc4[n+]3C)c(C)c(C)cc12. The molecular weight excluding hydrogens is 1340 g/mol. The Bertz CT molecular complexity index is 7130. The fourth-order valence-electron chi connectivity index (χ4n) is 16.3. The molecule has 0 fully saturated rings. The first kappa shape index (κ1) is 69.3. The van der Waals surface area contributed by atoms with E-state index in [1.165, 1.54) is 88.0 Å². The van der Waals surface area contributed by atoms with Crippen molar-refractivity contribution in [1.29, 1.82) is 0 Å². The molecule has 12 heteroatoms. The molecule has 12 nitrogen and oxygen atoms in total. The molecule has 0 amide bonds. The molecule has 20 rings (SSSR count). The molecule has 109 heavy (non-hydrogen) atoms. The van der Waals surface area contributed by atoms with E-state index in [0.717, 1.165) is 140 Å². The molecule has 8 aromatic carbocycles. The van der Waals surface area contributed by atoms with E-state index in [1.54, 1.807) is 0 Å². The maximum Gasteiger partial charge on any atom is 0.227 e. The molecule has 20 aromatic rings. The number of furan rings is 4. The zero-order valence-electron chi connectivity index (χ0n) is 64.5. The van der Waals surface area contributed by atoms with E-state index in [4.69, 9.17) is 17.7 Å². The lowest BCUT2D eigenvalue weighted by Gasteiger charge is -2.10. The highest BCUT2D eigenvalue weighted by Gasteiger charge is 2.29. The first-order valence-corrected chi connectivity index (χ1v) is 37.5. The highest BCUT2D eigenvalue weighted by atomic mass is 16.4. The Labute approximate surface area is 632 Å². The molecule has 12 heterocycles. The van der Waals surface area contributed by atoms with Crippen molar-refractivity contribution in [3.05, 3.63) is 286 Å². The summed E-state index contributed by atoms with van der Waals surface area (Å²) >= 11 is 0. The number of aromatic nitrogens is 8. The summed E-state index contributed by atoms with van der Waals surface area (Å²) in [6.45, 7) is 23.2. The number of benzene rings is 8. The molecule has 0 aliphatic rings. The fraction of sp³-hybridized carbons (Fsp3) is 0.175. The smallest absolute Gasteiger partial charge is 0.227 e. The second kappa shape index (κ2) is 27.5. The summed E-state index contributed by atoms with van der Waals surface area (Å²) in [7, 11) is 8.46. The second-order valence-corrected chi connectivity index (χ2v) is 29.5. The van der Waals surface area contributed by atoms with Crippen molar-refractivity contribution in [3.8, 4) is 45.0 Å². The monoisotopic (exact) mass is 1430 g/mol. The van der Waals surface area contributed by atoms with E-state index >= 15 is 0 Å². The number of pyridine rings is 8. The molecule has 0 unspecified atom stereocenters. The van der Waals surface area contributed by atoms with Crippen LogP contribution in [0.25, 0.3) is 177 Å². The maximum atomic E-state index is 6.33. The third-order valence-electron chi connectivity index (χ3n) is 22.2. The summed E-state index contributed by atoms with van der Waals surface area (Å²) in [6, 6.07) is 75.0. The molecule has 0 N–H and O–H groups in total. The summed E-state index contributed by atoms with van der Waals surface area (Å²) in [4.78, 5) is 18.4. The minimum atomic E-state index is 0.704. The maximum absolute atomic E-state index is 6.33. The van der Waals surface area contributed by atoms with Crippen molar-refractivity contribution in [1.82, 2.24) is 19.9 Å². The van der Waals surface area contributed by atoms with Crippen LogP contribution in [-0.4, -0.2) is 19.9 Å². The van der Waals surface area contributed by atoms with E-state index in [-0.39, 0.29) is 0 Å². The van der Waals surface area contributed by atoms with Crippen LogP contribution in [0, 0.1) is 69.2 Å². The molecule has 534 valence electrons. The van der Waals surface area contributed by atoms with Gasteiger partial charge >= 0.3 is 0 Å². The Morgan fingerprint density at radius 2 is 0.734 bits per heavy atom. The van der Waals surface area contributed by atoms with Crippen LogP contribution in [0.4, 0.5) is 0 Å². The van der Waals surface area contributed by atoms with Crippen LogP contribution in [0.3, 0.4) is 0 Å². The highest BCUT2D eigenvalue weighted by molar-refractivity contribution is 6.14. The van der Waals surface area contributed by atoms with E-state index in [2.05, 4.69) is 315 Å². The van der Waals surface area contributed by atoms with E-state index in [9.17, 15) is 0 Å². The summed E-state index contributed by atoms with van der Waals surface area (Å²) in [5, 5.41) is 16.2. The molecule has 0 spiro atoms. The van der Waals surface area contributed by atoms with E-state index in [1.807, 2.05) is 52.0 Å². The standard InChI is InChI=1S/C26H25N2O.2C24H21N2O.C23H19N2O/c1-5-7-18-8-6-9-22-19(18)14-15-23(28(22)4)24-16(2)10-12-20-21-13-11-17(3)27-26(21)29-25(20)24;1-14-13-19-18-11-9-15(2)25-24(18)27-23(19)22(16(14)3)21-12-10-17-7-5-6-8-20(17)26(21)4;1-14-13-20-19-10-9-15(2)25-24(19)27-23(20)21(16(14)3)22-18-8-6-5-7-17(18)11-12-26(22)4;1-14-8-10-18-19-11-9-15(2)24-23(19)26-22(18)21(14)20-12-16-6-4-5-7-17(16)13-25(20)3/h6,8-15H,5,7H2,1-4H3;2*5-13H,1-4H3;4-13H,1-3H3/q4*+1. The summed E-state index contributed by atoms with van der Waals surface area (Å²) < 4.78 is 34.1. The zero-order chi connectivity index (χ0) is 75.4. The van der Waals surface area contributed by atoms with Crippen LogP contribution in [0.15, 0.2) is 242 Å². The lowest BCUT2D eigenvalue weighted by Crippen LogP contribution is -2.32. The van der Waals surface area contributed by atoms with Gasteiger partial charge in [0.1, 0.15) is 28.2 Å². The van der Waals surface area contributed by atoms with Crippen molar-refractivity contribution in [2.24, 2.45) is 28.2 Å². The number of aryl methyl sites for hydroxylation is 13. The minimum absolute atomic E-state index is 0.704. The first-order chi connectivity index (χ1) is 52.8. The van der Waals surface area contributed by atoms with Gasteiger partial charge in [-0.25, -0.2) is 29.1 Å². The number of para-hydroxylation sites is 1. The van der Waals surface area contributed by atoms with E-state index < -0.39 is 0 Å². The first-order valence-electron chi connectivity index (χ1n) is 37.5. The Kier molecular flexibility index (Phi) is 17.5. The van der Waals surface area contributed by atoms with Gasteiger partial charge in [0.15, 0.2) is 34.7 Å².